The number of allylic oxidation sites excluding steroid dienone is 4. The molecule has 3 aromatic carbocycles. The van der Waals surface area contributed by atoms with Crippen LogP contribution in [0, 0.1) is 0 Å². The van der Waals surface area contributed by atoms with Crippen molar-refractivity contribution in [1.29, 1.82) is 0 Å². The average molecular weight is 534 g/mol. The Balaban J connectivity index is 1.67. The number of rotatable bonds is 4. The van der Waals surface area contributed by atoms with Crippen molar-refractivity contribution in [2.75, 3.05) is 31.0 Å². The lowest BCUT2D eigenvalue weighted by Crippen LogP contribution is -2.25. The van der Waals surface area contributed by atoms with E-state index in [1.807, 2.05) is 24.3 Å². The molecule has 0 aliphatic carbocycles. The Bertz CT molecular complexity index is 1330. The summed E-state index contributed by atoms with van der Waals surface area (Å²) in [4.78, 5) is 4.61. The van der Waals surface area contributed by atoms with E-state index in [0.717, 1.165) is 15.8 Å². The van der Waals surface area contributed by atoms with Gasteiger partial charge in [-0.1, -0.05) is 75.2 Å². The third kappa shape index (κ3) is 4.23. The van der Waals surface area contributed by atoms with E-state index >= 15 is 0 Å². The summed E-state index contributed by atoms with van der Waals surface area (Å²) in [5, 5.41) is 1.53. The van der Waals surface area contributed by atoms with Crippen molar-refractivity contribution >= 4 is 34.6 Å². The maximum atomic E-state index is 6.42. The Morgan fingerprint density at radius 2 is 1.14 bits per heavy atom. The third-order valence-corrected chi connectivity index (χ3v) is 8.64. The van der Waals surface area contributed by atoms with Gasteiger partial charge in [-0.15, -0.1) is 0 Å². The van der Waals surface area contributed by atoms with Crippen LogP contribution in [0.1, 0.15) is 50.3 Å². The minimum absolute atomic E-state index is 0.0360. The van der Waals surface area contributed by atoms with Gasteiger partial charge in [0.15, 0.2) is 0 Å². The zero-order valence-electron chi connectivity index (χ0n) is 22.6. The predicted molar refractivity (Wildman–Crippen MR) is 158 cm³/mol. The van der Waals surface area contributed by atoms with Gasteiger partial charge >= 0.3 is 0 Å². The van der Waals surface area contributed by atoms with Crippen molar-refractivity contribution in [2.45, 2.75) is 44.4 Å². The van der Waals surface area contributed by atoms with Gasteiger partial charge in [0.1, 0.15) is 5.75 Å². The van der Waals surface area contributed by atoms with E-state index in [0.29, 0.717) is 0 Å². The Kier molecular flexibility index (Phi) is 6.37. The summed E-state index contributed by atoms with van der Waals surface area (Å²) in [6, 6.07) is 20.8. The van der Waals surface area contributed by atoms with E-state index in [1.165, 1.54) is 39.5 Å². The van der Waals surface area contributed by atoms with E-state index in [-0.39, 0.29) is 16.7 Å². The van der Waals surface area contributed by atoms with Crippen LogP contribution >= 0.6 is 23.2 Å². The molecule has 0 radical (unpaired) electrons. The first kappa shape index (κ1) is 25.8. The molecule has 0 saturated carbocycles. The monoisotopic (exact) mass is 532 g/mol. The van der Waals surface area contributed by atoms with Gasteiger partial charge in [0.05, 0.1) is 7.11 Å². The summed E-state index contributed by atoms with van der Waals surface area (Å²) >= 11 is 12.8. The number of nitrogens with zero attached hydrogens (tertiary/aromatic N) is 2. The Labute approximate surface area is 231 Å². The predicted octanol–water partition coefficient (Wildman–Crippen LogP) is 8.71. The number of ether oxygens (including phenoxy) is 1. The Morgan fingerprint density at radius 3 is 1.54 bits per heavy atom. The zero-order chi connectivity index (χ0) is 26.7. The highest BCUT2D eigenvalue weighted by atomic mass is 35.5. The summed E-state index contributed by atoms with van der Waals surface area (Å²) in [7, 11) is 6.00. The lowest BCUT2D eigenvalue weighted by Gasteiger charge is -2.28. The van der Waals surface area contributed by atoms with Gasteiger partial charge in [0.2, 0.25) is 0 Å². The Hall–Kier alpha value is -2.88. The molecule has 2 aliphatic rings. The standard InChI is InChI=1S/C32H34Cl2N2O/c1-31(2)25-18-22(33)10-14-27(25)35(5)29(31)16-21(20-8-12-24(37-7)13-9-20)17-30-32(3,4)26-19-23(34)11-15-28(26)36(30)6/h8-19,21H,1-7H3/b29-16-,30-17+. The van der Waals surface area contributed by atoms with Crippen LogP contribution < -0.4 is 14.5 Å². The maximum Gasteiger partial charge on any atom is 0.118 e. The molecule has 0 amide bonds. The molecular formula is C32H34Cl2N2O. The van der Waals surface area contributed by atoms with Crippen LogP contribution in [0.3, 0.4) is 0 Å². The number of fused-ring (bicyclic) bond motifs is 2. The molecule has 0 aromatic heterocycles. The first-order valence-electron chi connectivity index (χ1n) is 12.6. The molecule has 0 bridgehead atoms. The summed E-state index contributed by atoms with van der Waals surface area (Å²) in [6.07, 6.45) is 4.81. The van der Waals surface area contributed by atoms with Crippen molar-refractivity contribution in [2.24, 2.45) is 0 Å². The molecular weight excluding hydrogens is 499 g/mol. The Morgan fingerprint density at radius 1 is 0.703 bits per heavy atom. The first-order valence-corrected chi connectivity index (χ1v) is 13.4. The van der Waals surface area contributed by atoms with E-state index in [1.54, 1.807) is 7.11 Å². The average Bonchev–Trinajstić information content (AvgIpc) is 3.16. The minimum Gasteiger partial charge on any atom is -0.497 e. The van der Waals surface area contributed by atoms with Crippen molar-refractivity contribution in [1.82, 2.24) is 0 Å². The molecule has 0 N–H and O–H groups in total. The highest BCUT2D eigenvalue weighted by Crippen LogP contribution is 2.51. The maximum absolute atomic E-state index is 6.42. The molecule has 2 aliphatic heterocycles. The second-order valence-electron chi connectivity index (χ2n) is 11.1. The fraction of sp³-hybridized carbons (Fsp3) is 0.312. The van der Waals surface area contributed by atoms with Crippen LogP contribution in [-0.4, -0.2) is 21.2 Å². The molecule has 1 atom stereocenters. The van der Waals surface area contributed by atoms with Gasteiger partial charge in [-0.3, -0.25) is 0 Å². The molecule has 5 rings (SSSR count). The number of hydrogen-bond donors (Lipinski definition) is 0. The van der Waals surface area contributed by atoms with Gasteiger partial charge in [-0.25, -0.2) is 0 Å². The van der Waals surface area contributed by atoms with Crippen LogP contribution in [-0.2, 0) is 10.8 Å². The fourth-order valence-corrected chi connectivity index (χ4v) is 6.37. The van der Waals surface area contributed by atoms with Gasteiger partial charge < -0.3 is 14.5 Å². The van der Waals surface area contributed by atoms with Crippen molar-refractivity contribution in [3.63, 3.8) is 0 Å². The van der Waals surface area contributed by atoms with Gasteiger partial charge in [-0.05, 0) is 65.2 Å². The molecule has 5 heteroatoms. The van der Waals surface area contributed by atoms with Crippen molar-refractivity contribution in [3.8, 4) is 5.75 Å². The van der Waals surface area contributed by atoms with Gasteiger partial charge in [0, 0.05) is 63.7 Å². The van der Waals surface area contributed by atoms with Gasteiger partial charge in [0.25, 0.3) is 0 Å². The molecule has 0 saturated heterocycles. The number of halogens is 2. The summed E-state index contributed by atoms with van der Waals surface area (Å²) < 4.78 is 5.45. The molecule has 0 spiro atoms. The number of likely N-dealkylation sites (N-methyl/N-ethyl adjacent to an activating group) is 2. The quantitative estimate of drug-likeness (QED) is 0.334. The summed E-state index contributed by atoms with van der Waals surface area (Å²) in [5.41, 5.74) is 8.22. The van der Waals surface area contributed by atoms with E-state index in [2.05, 4.69) is 100 Å². The largest absolute Gasteiger partial charge is 0.497 e. The first-order chi connectivity index (χ1) is 17.4. The second kappa shape index (κ2) is 9.15. The molecule has 2 heterocycles. The van der Waals surface area contributed by atoms with E-state index in [9.17, 15) is 0 Å². The molecule has 3 nitrogen and oxygen atoms in total. The lowest BCUT2D eigenvalue weighted by atomic mass is 9.80. The van der Waals surface area contributed by atoms with E-state index in [4.69, 9.17) is 27.9 Å². The highest BCUT2D eigenvalue weighted by Gasteiger charge is 2.41. The number of benzene rings is 3. The van der Waals surface area contributed by atoms with Gasteiger partial charge in [-0.2, -0.15) is 0 Å². The third-order valence-electron chi connectivity index (χ3n) is 8.17. The molecule has 1 unspecified atom stereocenters. The van der Waals surface area contributed by atoms with Crippen LogP contribution in [0.4, 0.5) is 11.4 Å². The zero-order valence-corrected chi connectivity index (χ0v) is 24.1. The summed E-state index contributed by atoms with van der Waals surface area (Å²) in [6.45, 7) is 9.11. The molecule has 3 aromatic rings. The number of hydrogen-bond acceptors (Lipinski definition) is 3. The van der Waals surface area contributed by atoms with Crippen LogP contribution in [0.5, 0.6) is 5.75 Å². The highest BCUT2D eigenvalue weighted by molar-refractivity contribution is 6.31. The van der Waals surface area contributed by atoms with Crippen molar-refractivity contribution < 1.29 is 4.74 Å². The molecule has 192 valence electrons. The van der Waals surface area contributed by atoms with Crippen molar-refractivity contribution in [3.05, 3.63) is 111 Å². The molecule has 37 heavy (non-hydrogen) atoms. The number of methoxy groups -OCH3 is 1. The molecule has 0 fully saturated rings. The van der Waals surface area contributed by atoms with E-state index < -0.39 is 0 Å². The second-order valence-corrected chi connectivity index (χ2v) is 12.0. The topological polar surface area (TPSA) is 15.7 Å². The SMILES string of the molecule is COc1ccc(C(/C=C2\N(C)c3ccc(Cl)cc3C2(C)C)/C=C2/N(C)c3ccc(Cl)cc3C2(C)C)cc1. The lowest BCUT2D eigenvalue weighted by molar-refractivity contribution is 0.414. The van der Waals surface area contributed by atoms with Crippen LogP contribution in [0.2, 0.25) is 10.0 Å². The fourth-order valence-electron chi connectivity index (χ4n) is 6.02. The smallest absolute Gasteiger partial charge is 0.118 e. The normalized spacial score (nSPS) is 20.4. The van der Waals surface area contributed by atoms with Crippen LogP contribution in [0.15, 0.2) is 84.2 Å². The summed E-state index contributed by atoms with van der Waals surface area (Å²) in [5.74, 6) is 0.887. The number of anilines is 2. The minimum atomic E-state index is -0.189. The van der Waals surface area contributed by atoms with Crippen LogP contribution in [0.25, 0.3) is 0 Å².